The zero-order chi connectivity index (χ0) is 17.7. The number of hydrogen-bond acceptors (Lipinski definition) is 5. The van der Waals surface area contributed by atoms with Crippen molar-refractivity contribution in [2.75, 3.05) is 11.9 Å². The van der Waals surface area contributed by atoms with Crippen LogP contribution in [0.5, 0.6) is 0 Å². The largest absolute Gasteiger partial charge is 0.383 e. The van der Waals surface area contributed by atoms with Crippen LogP contribution in [0.15, 0.2) is 53.4 Å². The fraction of sp³-hybridized carbons (Fsp3) is 0.200. The molecular formula is C15H16ClN3O4S. The molecule has 0 amide bonds. The molecule has 0 spiro atoms. The lowest BCUT2D eigenvalue weighted by Crippen LogP contribution is -2.37. The van der Waals surface area contributed by atoms with E-state index in [2.05, 4.69) is 10.0 Å². The van der Waals surface area contributed by atoms with Crippen molar-refractivity contribution in [3.8, 4) is 0 Å². The monoisotopic (exact) mass is 369 g/mol. The van der Waals surface area contributed by atoms with Gasteiger partial charge in [0, 0.05) is 35.4 Å². The lowest BCUT2D eigenvalue weighted by atomic mass is 10.2. The Labute approximate surface area is 144 Å². The molecule has 0 saturated heterocycles. The highest BCUT2D eigenvalue weighted by atomic mass is 35.5. The molecule has 0 aliphatic heterocycles. The van der Waals surface area contributed by atoms with E-state index in [4.69, 9.17) is 11.6 Å². The number of hydrogen-bond donors (Lipinski definition) is 2. The highest BCUT2D eigenvalue weighted by Crippen LogP contribution is 2.16. The SMILES string of the molecule is C[C@H](CNc1ccc([N+](=O)[O-])cc1)NS(=O)(=O)c1ccc(Cl)cc1. The molecule has 7 nitrogen and oxygen atoms in total. The summed E-state index contributed by atoms with van der Waals surface area (Å²) in [6.07, 6.45) is 0. The number of rotatable bonds is 7. The summed E-state index contributed by atoms with van der Waals surface area (Å²) in [6.45, 7) is 2.04. The van der Waals surface area contributed by atoms with Crippen LogP contribution in [-0.4, -0.2) is 25.9 Å². The molecule has 0 radical (unpaired) electrons. The van der Waals surface area contributed by atoms with Gasteiger partial charge in [-0.1, -0.05) is 11.6 Å². The van der Waals surface area contributed by atoms with Gasteiger partial charge < -0.3 is 5.32 Å². The summed E-state index contributed by atoms with van der Waals surface area (Å²) in [5.41, 5.74) is 0.662. The summed E-state index contributed by atoms with van der Waals surface area (Å²) in [5, 5.41) is 14.1. The minimum Gasteiger partial charge on any atom is -0.383 e. The van der Waals surface area contributed by atoms with E-state index in [0.717, 1.165) is 0 Å². The van der Waals surface area contributed by atoms with Gasteiger partial charge in [0.2, 0.25) is 10.0 Å². The predicted octanol–water partition coefficient (Wildman–Crippen LogP) is 3.03. The number of nitrogens with zero attached hydrogens (tertiary/aromatic N) is 1. The average Bonchev–Trinajstić information content (AvgIpc) is 2.53. The minimum atomic E-state index is -3.64. The molecule has 0 aliphatic rings. The van der Waals surface area contributed by atoms with Crippen molar-refractivity contribution in [2.45, 2.75) is 17.9 Å². The van der Waals surface area contributed by atoms with Gasteiger partial charge in [0.15, 0.2) is 0 Å². The van der Waals surface area contributed by atoms with Gasteiger partial charge in [0.05, 0.1) is 9.82 Å². The first kappa shape index (κ1) is 18.2. The van der Waals surface area contributed by atoms with Crippen molar-refractivity contribution < 1.29 is 13.3 Å². The summed E-state index contributed by atoms with van der Waals surface area (Å²) in [4.78, 5) is 10.2. The molecule has 2 aromatic rings. The van der Waals surface area contributed by atoms with Crippen LogP contribution in [0.2, 0.25) is 5.02 Å². The molecular weight excluding hydrogens is 354 g/mol. The van der Waals surface area contributed by atoms with Crippen molar-refractivity contribution in [2.24, 2.45) is 0 Å². The van der Waals surface area contributed by atoms with E-state index in [1.807, 2.05) is 0 Å². The summed E-state index contributed by atoms with van der Waals surface area (Å²) < 4.78 is 27.0. The van der Waals surface area contributed by atoms with Crippen LogP contribution in [0.3, 0.4) is 0 Å². The maximum absolute atomic E-state index is 12.2. The molecule has 9 heteroatoms. The smallest absolute Gasteiger partial charge is 0.269 e. The van der Waals surface area contributed by atoms with Crippen molar-refractivity contribution >= 4 is 33.0 Å². The summed E-state index contributed by atoms with van der Waals surface area (Å²) in [6, 6.07) is 11.4. The molecule has 0 aromatic heterocycles. The molecule has 2 N–H and O–H groups in total. The zero-order valence-electron chi connectivity index (χ0n) is 12.8. The minimum absolute atomic E-state index is 0.00274. The first-order valence-corrected chi connectivity index (χ1v) is 8.90. The van der Waals surface area contributed by atoms with E-state index < -0.39 is 14.9 Å². The topological polar surface area (TPSA) is 101 Å². The van der Waals surface area contributed by atoms with Crippen molar-refractivity contribution in [1.82, 2.24) is 4.72 Å². The average molecular weight is 370 g/mol. The number of nitrogens with one attached hydrogen (secondary N) is 2. The number of anilines is 1. The van der Waals surface area contributed by atoms with Gasteiger partial charge in [-0.25, -0.2) is 13.1 Å². The fourth-order valence-electron chi connectivity index (χ4n) is 1.96. The molecule has 1 atom stereocenters. The number of nitro benzene ring substituents is 1. The van der Waals surface area contributed by atoms with Gasteiger partial charge in [0.1, 0.15) is 0 Å². The summed E-state index contributed by atoms with van der Waals surface area (Å²) >= 11 is 5.75. The highest BCUT2D eigenvalue weighted by Gasteiger charge is 2.17. The van der Waals surface area contributed by atoms with Crippen LogP contribution in [0, 0.1) is 10.1 Å². The third kappa shape index (κ3) is 4.92. The molecule has 0 bridgehead atoms. The van der Waals surface area contributed by atoms with E-state index >= 15 is 0 Å². The summed E-state index contributed by atoms with van der Waals surface area (Å²) in [5.74, 6) is 0. The Morgan fingerprint density at radius 2 is 1.71 bits per heavy atom. The second kappa shape index (κ2) is 7.61. The Balaban J connectivity index is 1.93. The van der Waals surface area contributed by atoms with Gasteiger partial charge in [-0.05, 0) is 43.3 Å². The Hall–Kier alpha value is -2.16. The predicted molar refractivity (Wildman–Crippen MR) is 92.8 cm³/mol. The van der Waals surface area contributed by atoms with Crippen molar-refractivity contribution in [3.63, 3.8) is 0 Å². The Kier molecular flexibility index (Phi) is 5.76. The molecule has 128 valence electrons. The number of benzene rings is 2. The molecule has 24 heavy (non-hydrogen) atoms. The molecule has 0 heterocycles. The van der Waals surface area contributed by atoms with Crippen LogP contribution < -0.4 is 10.0 Å². The van der Waals surface area contributed by atoms with Gasteiger partial charge in [0.25, 0.3) is 5.69 Å². The number of halogens is 1. The lowest BCUT2D eigenvalue weighted by Gasteiger charge is -2.16. The first-order valence-electron chi connectivity index (χ1n) is 7.04. The Morgan fingerprint density at radius 3 is 2.25 bits per heavy atom. The first-order chi connectivity index (χ1) is 11.3. The van der Waals surface area contributed by atoms with E-state index in [0.29, 0.717) is 17.3 Å². The van der Waals surface area contributed by atoms with Crippen LogP contribution in [-0.2, 0) is 10.0 Å². The van der Waals surface area contributed by atoms with Gasteiger partial charge in [-0.2, -0.15) is 0 Å². The number of nitro groups is 1. The van der Waals surface area contributed by atoms with Gasteiger partial charge >= 0.3 is 0 Å². The maximum atomic E-state index is 12.2. The van der Waals surface area contributed by atoms with Crippen LogP contribution >= 0.6 is 11.6 Å². The highest BCUT2D eigenvalue weighted by molar-refractivity contribution is 7.89. The molecule has 0 saturated carbocycles. The van der Waals surface area contributed by atoms with Crippen LogP contribution in [0.25, 0.3) is 0 Å². The normalized spacial score (nSPS) is 12.6. The quantitative estimate of drug-likeness (QED) is 0.577. The number of non-ortho nitro benzene ring substituents is 1. The molecule has 0 aliphatic carbocycles. The third-order valence-corrected chi connectivity index (χ3v) is 5.03. The van der Waals surface area contributed by atoms with E-state index in [1.54, 1.807) is 19.1 Å². The van der Waals surface area contributed by atoms with Crippen molar-refractivity contribution in [1.29, 1.82) is 0 Å². The van der Waals surface area contributed by atoms with Gasteiger partial charge in [-0.3, -0.25) is 10.1 Å². The van der Waals surface area contributed by atoms with Crippen LogP contribution in [0.4, 0.5) is 11.4 Å². The number of sulfonamides is 1. The second-order valence-electron chi connectivity index (χ2n) is 5.16. The van der Waals surface area contributed by atoms with E-state index in [9.17, 15) is 18.5 Å². The molecule has 2 rings (SSSR count). The van der Waals surface area contributed by atoms with Gasteiger partial charge in [-0.15, -0.1) is 0 Å². The maximum Gasteiger partial charge on any atom is 0.269 e. The standard InChI is InChI=1S/C15H16ClN3O4S/c1-11(10-17-13-4-6-14(7-5-13)19(20)21)18-24(22,23)15-8-2-12(16)3-9-15/h2-9,11,17-18H,10H2,1H3/t11-/m1/s1. The van der Waals surface area contributed by atoms with E-state index in [-0.39, 0.29) is 16.6 Å². The fourth-order valence-corrected chi connectivity index (χ4v) is 3.33. The molecule has 2 aromatic carbocycles. The van der Waals surface area contributed by atoms with Crippen molar-refractivity contribution in [3.05, 3.63) is 63.7 Å². The molecule has 0 unspecified atom stereocenters. The van der Waals surface area contributed by atoms with E-state index in [1.165, 1.54) is 36.4 Å². The Bertz CT molecular complexity index is 808. The summed E-state index contributed by atoms with van der Waals surface area (Å²) in [7, 11) is -3.64. The molecule has 0 fully saturated rings. The zero-order valence-corrected chi connectivity index (χ0v) is 14.3. The van der Waals surface area contributed by atoms with Crippen LogP contribution in [0.1, 0.15) is 6.92 Å². The Morgan fingerprint density at radius 1 is 1.12 bits per heavy atom. The second-order valence-corrected chi connectivity index (χ2v) is 7.31. The third-order valence-electron chi connectivity index (χ3n) is 3.17. The lowest BCUT2D eigenvalue weighted by molar-refractivity contribution is -0.384.